The fraction of sp³-hybridized carbons (Fsp3) is 0.517. The fourth-order valence-corrected chi connectivity index (χ4v) is 5.69. The minimum Gasteiger partial charge on any atom is -0.303 e. The molecule has 0 aliphatic carbocycles. The molecule has 0 N–H and O–H groups in total. The normalized spacial score (nSPS) is 21.3. The molecule has 196 valence electrons. The van der Waals surface area contributed by atoms with Crippen LogP contribution in [0.5, 0.6) is 0 Å². The average Bonchev–Trinajstić information content (AvgIpc) is 2.75. The van der Waals surface area contributed by atoms with Gasteiger partial charge in [-0.15, -0.1) is 0 Å². The van der Waals surface area contributed by atoms with Crippen molar-refractivity contribution in [2.24, 2.45) is 5.92 Å². The fourth-order valence-electron chi connectivity index (χ4n) is 5.69. The van der Waals surface area contributed by atoms with Crippen LogP contribution in [0.1, 0.15) is 61.1 Å². The molecule has 36 heavy (non-hydrogen) atoms. The van der Waals surface area contributed by atoms with Crippen LogP contribution in [0.2, 0.25) is 0 Å². The van der Waals surface area contributed by atoms with Gasteiger partial charge >= 0.3 is 0 Å². The van der Waals surface area contributed by atoms with Crippen LogP contribution in [0, 0.1) is 17.6 Å². The molecule has 4 rings (SSSR count). The Balaban J connectivity index is 1.67. The summed E-state index contributed by atoms with van der Waals surface area (Å²) in [5.41, 5.74) is 3.71. The van der Waals surface area contributed by atoms with Gasteiger partial charge in [-0.2, -0.15) is 0 Å². The Kier molecular flexibility index (Phi) is 7.91. The first-order chi connectivity index (χ1) is 17.0. The summed E-state index contributed by atoms with van der Waals surface area (Å²) in [6.07, 6.45) is 1.52. The van der Waals surface area contributed by atoms with E-state index in [1.807, 2.05) is 26.0 Å². The number of hydrogen-bond donors (Lipinski definition) is 0. The second-order valence-corrected chi connectivity index (χ2v) is 10.7. The molecule has 0 bridgehead atoms. The predicted octanol–water partition coefficient (Wildman–Crippen LogP) is 6.82. The summed E-state index contributed by atoms with van der Waals surface area (Å²) in [7, 11) is 0. The third kappa shape index (κ3) is 5.83. The van der Waals surface area contributed by atoms with Gasteiger partial charge in [-0.05, 0) is 73.4 Å². The number of alkyl halides is 3. The molecule has 0 saturated carbocycles. The number of benzene rings is 2. The lowest BCUT2D eigenvalue weighted by Crippen LogP contribution is -2.48. The number of halogens is 5. The second-order valence-electron chi connectivity index (χ2n) is 10.7. The molecule has 0 spiro atoms. The summed E-state index contributed by atoms with van der Waals surface area (Å²) >= 11 is 0. The Labute approximate surface area is 210 Å². The summed E-state index contributed by atoms with van der Waals surface area (Å²) in [6.45, 7) is 9.83. The lowest BCUT2D eigenvalue weighted by molar-refractivity contribution is -0.0371. The Morgan fingerprint density at radius 3 is 2.36 bits per heavy atom. The van der Waals surface area contributed by atoms with E-state index in [2.05, 4.69) is 11.5 Å². The molecule has 1 fully saturated rings. The van der Waals surface area contributed by atoms with Crippen molar-refractivity contribution in [2.45, 2.75) is 58.0 Å². The van der Waals surface area contributed by atoms with Gasteiger partial charge in [-0.3, -0.25) is 9.29 Å². The van der Waals surface area contributed by atoms with E-state index in [1.165, 1.54) is 17.0 Å². The molecule has 0 aromatic heterocycles. The maximum atomic E-state index is 15.6. The molecule has 0 radical (unpaired) electrons. The summed E-state index contributed by atoms with van der Waals surface area (Å²) in [5.74, 6) is -4.18. The summed E-state index contributed by atoms with van der Waals surface area (Å²) in [5, 5.41) is 0. The second kappa shape index (κ2) is 10.6. The number of likely N-dealkylation sites (tertiary alicyclic amines) is 1. The molecule has 1 saturated heterocycles. The molecule has 2 aromatic carbocycles. The highest BCUT2D eigenvalue weighted by molar-refractivity contribution is 5.63. The van der Waals surface area contributed by atoms with Crippen LogP contribution in [0.3, 0.4) is 0 Å². The average molecular weight is 507 g/mol. The Morgan fingerprint density at radius 2 is 1.78 bits per heavy atom. The van der Waals surface area contributed by atoms with E-state index in [0.29, 0.717) is 36.9 Å². The molecule has 0 amide bonds. The van der Waals surface area contributed by atoms with E-state index in [0.717, 1.165) is 36.7 Å². The maximum Gasteiger partial charge on any atom is 0.257 e. The number of rotatable bonds is 9. The molecule has 2 aromatic rings. The van der Waals surface area contributed by atoms with Crippen LogP contribution in [-0.2, 0) is 12.8 Å². The van der Waals surface area contributed by atoms with E-state index >= 15 is 8.78 Å². The van der Waals surface area contributed by atoms with E-state index in [1.54, 1.807) is 6.07 Å². The van der Waals surface area contributed by atoms with Crippen molar-refractivity contribution in [1.29, 1.82) is 0 Å². The molecule has 7 heteroatoms. The highest BCUT2D eigenvalue weighted by atomic mass is 19.3. The van der Waals surface area contributed by atoms with Crippen molar-refractivity contribution in [3.05, 3.63) is 76.4 Å². The van der Waals surface area contributed by atoms with Gasteiger partial charge in [0.15, 0.2) is 0 Å². The Hall–Kier alpha value is -2.25. The van der Waals surface area contributed by atoms with Gasteiger partial charge in [-0.1, -0.05) is 30.4 Å². The van der Waals surface area contributed by atoms with Gasteiger partial charge in [0.05, 0.1) is 19.3 Å². The van der Waals surface area contributed by atoms with Crippen molar-refractivity contribution in [1.82, 2.24) is 9.80 Å². The zero-order chi connectivity index (χ0) is 26.2. The molecule has 2 atom stereocenters. The molecule has 2 heterocycles. The SMILES string of the molecule is C=C(C)c1ccc2c(c1)C[C@@H](C)N(CC(C)(F)F)C2c1c(F)cc(CC2CN(CCCF)C2)cc1F. The van der Waals surface area contributed by atoms with E-state index in [-0.39, 0.29) is 24.2 Å². The first kappa shape index (κ1) is 26.8. The monoisotopic (exact) mass is 506 g/mol. The Morgan fingerprint density at radius 1 is 1.11 bits per heavy atom. The first-order valence-electron chi connectivity index (χ1n) is 12.6. The summed E-state index contributed by atoms with van der Waals surface area (Å²) in [4.78, 5) is 3.66. The molecular formula is C29H35F5N2. The van der Waals surface area contributed by atoms with Crippen molar-refractivity contribution in [3.63, 3.8) is 0 Å². The number of allylic oxidation sites excluding steroid dienone is 1. The van der Waals surface area contributed by atoms with Crippen LogP contribution in [0.4, 0.5) is 22.0 Å². The standard InChI is InChI=1S/C29H35F5N2/c1-18(2)22-6-7-24-23(14-22)10-19(3)36(17-29(4,33)34)28(24)27-25(31)12-20(13-26(27)32)11-21-15-35(16-21)9-5-8-30/h6-7,12-14,19,21,28H,1,5,8-11,15-17H2,2-4H3/t19-,28?/m1/s1. The molecule has 2 aliphatic rings. The van der Waals surface area contributed by atoms with Crippen molar-refractivity contribution < 1.29 is 22.0 Å². The predicted molar refractivity (Wildman–Crippen MR) is 134 cm³/mol. The van der Waals surface area contributed by atoms with Crippen LogP contribution in [0.15, 0.2) is 36.9 Å². The molecule has 2 aliphatic heterocycles. The van der Waals surface area contributed by atoms with Crippen molar-refractivity contribution in [2.75, 3.05) is 32.9 Å². The zero-order valence-corrected chi connectivity index (χ0v) is 21.3. The highest BCUT2D eigenvalue weighted by Crippen LogP contribution is 2.42. The van der Waals surface area contributed by atoms with Crippen LogP contribution in [-0.4, -0.2) is 54.6 Å². The van der Waals surface area contributed by atoms with Gasteiger partial charge in [0.2, 0.25) is 0 Å². The lowest BCUT2D eigenvalue weighted by atomic mass is 9.82. The molecule has 2 nitrogen and oxygen atoms in total. The van der Waals surface area contributed by atoms with Crippen LogP contribution < -0.4 is 0 Å². The molecular weight excluding hydrogens is 471 g/mol. The third-order valence-electron chi connectivity index (χ3n) is 7.38. The maximum absolute atomic E-state index is 15.6. The lowest BCUT2D eigenvalue weighted by Gasteiger charge is -2.43. The third-order valence-corrected chi connectivity index (χ3v) is 7.38. The van der Waals surface area contributed by atoms with Crippen LogP contribution in [0.25, 0.3) is 5.57 Å². The number of nitrogens with zero attached hydrogens (tertiary/aromatic N) is 2. The van der Waals surface area contributed by atoms with E-state index in [4.69, 9.17) is 0 Å². The number of hydrogen-bond acceptors (Lipinski definition) is 2. The largest absolute Gasteiger partial charge is 0.303 e. The highest BCUT2D eigenvalue weighted by Gasteiger charge is 2.40. The van der Waals surface area contributed by atoms with Crippen LogP contribution >= 0.6 is 0 Å². The smallest absolute Gasteiger partial charge is 0.257 e. The molecule has 1 unspecified atom stereocenters. The van der Waals surface area contributed by atoms with Gasteiger partial charge in [-0.25, -0.2) is 17.6 Å². The first-order valence-corrected chi connectivity index (χ1v) is 12.6. The Bertz CT molecular complexity index is 1080. The van der Waals surface area contributed by atoms with E-state index in [9.17, 15) is 13.2 Å². The van der Waals surface area contributed by atoms with E-state index < -0.39 is 30.1 Å². The van der Waals surface area contributed by atoms with Gasteiger partial charge in [0, 0.05) is 38.2 Å². The van der Waals surface area contributed by atoms with Gasteiger partial charge < -0.3 is 4.90 Å². The van der Waals surface area contributed by atoms with Gasteiger partial charge in [0.1, 0.15) is 11.6 Å². The topological polar surface area (TPSA) is 6.48 Å². The number of fused-ring (bicyclic) bond motifs is 1. The van der Waals surface area contributed by atoms with Gasteiger partial charge in [0.25, 0.3) is 5.92 Å². The summed E-state index contributed by atoms with van der Waals surface area (Å²) < 4.78 is 72.0. The zero-order valence-electron chi connectivity index (χ0n) is 21.3. The van der Waals surface area contributed by atoms with Crippen molar-refractivity contribution >= 4 is 5.57 Å². The summed E-state index contributed by atoms with van der Waals surface area (Å²) in [6, 6.07) is 7.00. The minimum absolute atomic E-state index is 0.183. The van der Waals surface area contributed by atoms with Crippen molar-refractivity contribution in [3.8, 4) is 0 Å². The quantitative estimate of drug-likeness (QED) is 0.344. The minimum atomic E-state index is -3.02.